The summed E-state index contributed by atoms with van der Waals surface area (Å²) < 4.78 is 13.3. The van der Waals surface area contributed by atoms with Gasteiger partial charge in [-0.2, -0.15) is 0 Å². The highest BCUT2D eigenvalue weighted by atomic mass is 19.1. The first-order valence-corrected chi connectivity index (χ1v) is 8.24. The Morgan fingerprint density at radius 2 is 2.12 bits per heavy atom. The van der Waals surface area contributed by atoms with Crippen molar-refractivity contribution in [2.24, 2.45) is 11.8 Å². The maximum atomic E-state index is 13.3. The SMILES string of the molecule is CC1CC(C(=O)O)CN(C(C)C(=O)N(C)Cc2cccc(F)c2)C1. The summed E-state index contributed by atoms with van der Waals surface area (Å²) in [5, 5.41) is 9.27. The zero-order valence-electron chi connectivity index (χ0n) is 14.4. The molecule has 1 N–H and O–H groups in total. The number of rotatable bonds is 5. The van der Waals surface area contributed by atoms with E-state index in [-0.39, 0.29) is 17.6 Å². The van der Waals surface area contributed by atoms with E-state index >= 15 is 0 Å². The predicted octanol–water partition coefficient (Wildman–Crippen LogP) is 2.22. The number of likely N-dealkylation sites (N-methyl/N-ethyl adjacent to an activating group) is 1. The van der Waals surface area contributed by atoms with Gasteiger partial charge >= 0.3 is 5.97 Å². The van der Waals surface area contributed by atoms with Gasteiger partial charge in [0.25, 0.3) is 0 Å². The van der Waals surface area contributed by atoms with Crippen LogP contribution < -0.4 is 0 Å². The zero-order chi connectivity index (χ0) is 17.9. The number of carboxylic acids is 1. The highest BCUT2D eigenvalue weighted by Crippen LogP contribution is 2.24. The summed E-state index contributed by atoms with van der Waals surface area (Å²) in [6, 6.07) is 5.79. The molecular weight excluding hydrogens is 311 g/mol. The van der Waals surface area contributed by atoms with Gasteiger partial charge in [-0.15, -0.1) is 0 Å². The van der Waals surface area contributed by atoms with Crippen LogP contribution >= 0.6 is 0 Å². The number of aliphatic carboxylic acids is 1. The largest absolute Gasteiger partial charge is 0.481 e. The number of halogens is 1. The molecule has 1 saturated heterocycles. The molecule has 0 bridgehead atoms. The number of nitrogens with zero attached hydrogens (tertiary/aromatic N) is 2. The van der Waals surface area contributed by atoms with Gasteiger partial charge in [-0.1, -0.05) is 19.1 Å². The second kappa shape index (κ2) is 7.75. The Kier molecular flexibility index (Phi) is 5.94. The molecule has 0 saturated carbocycles. The normalized spacial score (nSPS) is 22.8. The van der Waals surface area contributed by atoms with Crippen LogP contribution in [-0.4, -0.2) is 53.0 Å². The lowest BCUT2D eigenvalue weighted by Crippen LogP contribution is -2.52. The lowest BCUT2D eigenvalue weighted by atomic mass is 9.89. The van der Waals surface area contributed by atoms with E-state index in [9.17, 15) is 19.1 Å². The molecule has 24 heavy (non-hydrogen) atoms. The molecule has 0 aromatic heterocycles. The molecule has 1 aromatic carbocycles. The van der Waals surface area contributed by atoms with Crippen molar-refractivity contribution in [1.29, 1.82) is 0 Å². The Labute approximate surface area is 142 Å². The summed E-state index contributed by atoms with van der Waals surface area (Å²) in [5.74, 6) is -1.41. The van der Waals surface area contributed by atoms with Gasteiger partial charge in [-0.05, 0) is 37.0 Å². The molecule has 0 spiro atoms. The molecule has 132 valence electrons. The minimum absolute atomic E-state index is 0.0856. The van der Waals surface area contributed by atoms with Gasteiger partial charge in [0.2, 0.25) is 5.91 Å². The van der Waals surface area contributed by atoms with Gasteiger partial charge in [0.15, 0.2) is 0 Å². The summed E-state index contributed by atoms with van der Waals surface area (Å²) >= 11 is 0. The molecule has 2 rings (SSSR count). The average Bonchev–Trinajstić information content (AvgIpc) is 2.52. The first kappa shape index (κ1) is 18.4. The Hall–Kier alpha value is -1.95. The lowest BCUT2D eigenvalue weighted by Gasteiger charge is -2.38. The van der Waals surface area contributed by atoms with E-state index in [1.165, 1.54) is 12.1 Å². The number of amides is 1. The van der Waals surface area contributed by atoms with Crippen LogP contribution in [-0.2, 0) is 16.1 Å². The van der Waals surface area contributed by atoms with Crippen molar-refractivity contribution in [1.82, 2.24) is 9.80 Å². The minimum atomic E-state index is -0.806. The van der Waals surface area contributed by atoms with Gasteiger partial charge in [0, 0.05) is 26.7 Å². The topological polar surface area (TPSA) is 60.9 Å². The van der Waals surface area contributed by atoms with E-state index in [0.29, 0.717) is 26.1 Å². The van der Waals surface area contributed by atoms with E-state index in [2.05, 4.69) is 0 Å². The van der Waals surface area contributed by atoms with Gasteiger partial charge in [0.1, 0.15) is 5.82 Å². The van der Waals surface area contributed by atoms with Gasteiger partial charge in [0.05, 0.1) is 12.0 Å². The van der Waals surface area contributed by atoms with Crippen LogP contribution in [0.15, 0.2) is 24.3 Å². The molecule has 3 atom stereocenters. The van der Waals surface area contributed by atoms with Crippen LogP contribution in [0.4, 0.5) is 4.39 Å². The molecule has 3 unspecified atom stereocenters. The van der Waals surface area contributed by atoms with E-state index in [0.717, 1.165) is 5.56 Å². The maximum absolute atomic E-state index is 13.3. The van der Waals surface area contributed by atoms with Crippen LogP contribution in [0, 0.1) is 17.7 Å². The van der Waals surface area contributed by atoms with Crippen molar-refractivity contribution in [3.05, 3.63) is 35.6 Å². The lowest BCUT2D eigenvalue weighted by molar-refractivity contribution is -0.147. The zero-order valence-corrected chi connectivity index (χ0v) is 14.4. The van der Waals surface area contributed by atoms with Crippen molar-refractivity contribution in [3.8, 4) is 0 Å². The van der Waals surface area contributed by atoms with Crippen molar-refractivity contribution >= 4 is 11.9 Å². The third-order valence-electron chi connectivity index (χ3n) is 4.63. The fourth-order valence-electron chi connectivity index (χ4n) is 3.35. The number of hydrogen-bond donors (Lipinski definition) is 1. The molecule has 1 aliphatic rings. The first-order chi connectivity index (χ1) is 11.3. The molecule has 0 radical (unpaired) electrons. The monoisotopic (exact) mass is 336 g/mol. The Balaban J connectivity index is 2.01. The maximum Gasteiger partial charge on any atom is 0.307 e. The summed E-state index contributed by atoms with van der Waals surface area (Å²) in [6.07, 6.45) is 0.645. The van der Waals surface area contributed by atoms with E-state index < -0.39 is 17.9 Å². The first-order valence-electron chi connectivity index (χ1n) is 8.24. The summed E-state index contributed by atoms with van der Waals surface area (Å²) in [7, 11) is 1.69. The highest BCUT2D eigenvalue weighted by molar-refractivity contribution is 5.81. The molecule has 1 heterocycles. The van der Waals surface area contributed by atoms with E-state index in [1.807, 2.05) is 11.8 Å². The van der Waals surface area contributed by atoms with Crippen LogP contribution in [0.3, 0.4) is 0 Å². The predicted molar refractivity (Wildman–Crippen MR) is 88.8 cm³/mol. The molecule has 0 aliphatic carbocycles. The van der Waals surface area contributed by atoms with Crippen LogP contribution in [0.1, 0.15) is 25.8 Å². The number of carbonyl (C=O) groups is 2. The smallest absolute Gasteiger partial charge is 0.307 e. The molecular formula is C18H25FN2O3. The van der Waals surface area contributed by atoms with Crippen LogP contribution in [0.2, 0.25) is 0 Å². The summed E-state index contributed by atoms with van der Waals surface area (Å²) in [6.45, 7) is 5.24. The van der Waals surface area contributed by atoms with Gasteiger partial charge in [-0.3, -0.25) is 14.5 Å². The fourth-order valence-corrected chi connectivity index (χ4v) is 3.35. The Bertz CT molecular complexity index is 608. The Morgan fingerprint density at radius 3 is 2.75 bits per heavy atom. The molecule has 1 aliphatic heterocycles. The van der Waals surface area contributed by atoms with Gasteiger partial charge in [-0.25, -0.2) is 4.39 Å². The van der Waals surface area contributed by atoms with E-state index in [4.69, 9.17) is 0 Å². The quantitative estimate of drug-likeness (QED) is 0.896. The third-order valence-corrected chi connectivity index (χ3v) is 4.63. The molecule has 1 aromatic rings. The average molecular weight is 336 g/mol. The van der Waals surface area contributed by atoms with Crippen LogP contribution in [0.5, 0.6) is 0 Å². The Morgan fingerprint density at radius 1 is 1.42 bits per heavy atom. The number of carboxylic acid groups (broad SMARTS) is 1. The van der Waals surface area contributed by atoms with Crippen molar-refractivity contribution in [2.45, 2.75) is 32.9 Å². The summed E-state index contributed by atoms with van der Waals surface area (Å²) in [4.78, 5) is 27.5. The molecule has 6 heteroatoms. The second-order valence-corrected chi connectivity index (χ2v) is 6.83. The summed E-state index contributed by atoms with van der Waals surface area (Å²) in [5.41, 5.74) is 0.730. The van der Waals surface area contributed by atoms with Crippen molar-refractivity contribution in [2.75, 3.05) is 20.1 Å². The van der Waals surface area contributed by atoms with Crippen molar-refractivity contribution < 1.29 is 19.1 Å². The minimum Gasteiger partial charge on any atom is -0.481 e. The number of likely N-dealkylation sites (tertiary alicyclic amines) is 1. The van der Waals surface area contributed by atoms with Crippen molar-refractivity contribution in [3.63, 3.8) is 0 Å². The molecule has 5 nitrogen and oxygen atoms in total. The number of hydrogen-bond acceptors (Lipinski definition) is 3. The van der Waals surface area contributed by atoms with Gasteiger partial charge < -0.3 is 10.0 Å². The highest BCUT2D eigenvalue weighted by Gasteiger charge is 2.34. The number of carbonyl (C=O) groups excluding carboxylic acids is 1. The standard InChI is InChI=1S/C18H25FN2O3/c1-12-7-15(18(23)24)11-21(9-12)13(2)17(22)20(3)10-14-5-4-6-16(19)8-14/h4-6,8,12-13,15H,7,9-11H2,1-3H3,(H,23,24). The number of piperidine rings is 1. The molecule has 1 fully saturated rings. The van der Waals surface area contributed by atoms with E-state index in [1.54, 1.807) is 31.0 Å². The third kappa shape index (κ3) is 4.54. The van der Waals surface area contributed by atoms with Crippen LogP contribution in [0.25, 0.3) is 0 Å². The molecule has 1 amide bonds. The second-order valence-electron chi connectivity index (χ2n) is 6.83. The number of benzene rings is 1. The fraction of sp³-hybridized carbons (Fsp3) is 0.556.